The maximum Gasteiger partial charge on any atom is 0.244 e. The summed E-state index contributed by atoms with van der Waals surface area (Å²) in [6, 6.07) is 13.6. The average Bonchev–Trinajstić information content (AvgIpc) is 2.86. The zero-order valence-corrected chi connectivity index (χ0v) is 23.0. The van der Waals surface area contributed by atoms with Crippen LogP contribution in [0.2, 0.25) is 0 Å². The predicted octanol–water partition coefficient (Wildman–Crippen LogP) is 2.99. The minimum absolute atomic E-state index is 0.196. The molecule has 202 valence electrons. The highest BCUT2D eigenvalue weighted by molar-refractivity contribution is 7.92. The van der Waals surface area contributed by atoms with E-state index in [-0.39, 0.29) is 18.2 Å². The summed E-state index contributed by atoms with van der Waals surface area (Å²) in [4.78, 5) is 28.2. The van der Waals surface area contributed by atoms with Crippen LogP contribution < -0.4 is 19.1 Å². The lowest BCUT2D eigenvalue weighted by Crippen LogP contribution is -2.55. The van der Waals surface area contributed by atoms with Gasteiger partial charge in [0.2, 0.25) is 21.8 Å². The number of hydrogen-bond donors (Lipinski definition) is 1. The van der Waals surface area contributed by atoms with Crippen molar-refractivity contribution < 1.29 is 27.5 Å². The van der Waals surface area contributed by atoms with Crippen LogP contribution in [0.3, 0.4) is 0 Å². The van der Waals surface area contributed by atoms with E-state index in [0.29, 0.717) is 36.8 Å². The fourth-order valence-electron chi connectivity index (χ4n) is 3.95. The summed E-state index contributed by atoms with van der Waals surface area (Å²) < 4.78 is 38.5. The maximum atomic E-state index is 13.7. The molecule has 2 amide bonds. The molecule has 0 unspecified atom stereocenters. The molecule has 1 heterocycles. The number of benzene rings is 2. The van der Waals surface area contributed by atoms with Gasteiger partial charge in [-0.1, -0.05) is 30.3 Å². The van der Waals surface area contributed by atoms with E-state index < -0.39 is 34.1 Å². The molecule has 3 rings (SSSR count). The first-order valence-electron chi connectivity index (χ1n) is 12.5. The second kappa shape index (κ2) is 11.9. The van der Waals surface area contributed by atoms with E-state index in [1.807, 2.05) is 51.1 Å². The zero-order valence-electron chi connectivity index (χ0n) is 22.2. The number of nitrogens with one attached hydrogen (secondary N) is 1. The van der Waals surface area contributed by atoms with E-state index in [1.54, 1.807) is 25.1 Å². The first-order chi connectivity index (χ1) is 17.4. The number of sulfonamides is 1. The zero-order chi connectivity index (χ0) is 27.2. The van der Waals surface area contributed by atoms with Gasteiger partial charge >= 0.3 is 0 Å². The number of rotatable bonds is 10. The third kappa shape index (κ3) is 7.61. The third-order valence-electron chi connectivity index (χ3n) is 5.94. The second-order valence-corrected chi connectivity index (χ2v) is 12.2. The molecule has 1 aliphatic heterocycles. The van der Waals surface area contributed by atoms with Crippen LogP contribution in [0.1, 0.15) is 40.2 Å². The Kier molecular flexibility index (Phi) is 9.07. The van der Waals surface area contributed by atoms with Crippen molar-refractivity contribution in [1.82, 2.24) is 10.2 Å². The Bertz CT molecular complexity index is 1190. The molecule has 1 aliphatic rings. The standard InChI is InChI=1S/C27H37N3O6S/c1-6-37(33,34)30(22-12-13-23-24(18-22)36-17-16-35-23)19-25(31)29(15-14-21-10-8-7-9-11-21)20(2)26(32)28-27(3,4)5/h7-13,18,20H,6,14-17,19H2,1-5H3,(H,28,32)/t20-/m1/s1. The largest absolute Gasteiger partial charge is 0.486 e. The number of ether oxygens (including phenoxy) is 2. The molecule has 0 saturated carbocycles. The number of anilines is 1. The van der Waals surface area contributed by atoms with Crippen molar-refractivity contribution >= 4 is 27.5 Å². The van der Waals surface area contributed by atoms with Crippen LogP contribution in [0.5, 0.6) is 11.5 Å². The molecule has 0 spiro atoms. The molecule has 0 bridgehead atoms. The highest BCUT2D eigenvalue weighted by atomic mass is 32.2. The van der Waals surface area contributed by atoms with Gasteiger partial charge < -0.3 is 19.7 Å². The Morgan fingerprint density at radius 1 is 1.03 bits per heavy atom. The molecule has 0 aromatic heterocycles. The van der Waals surface area contributed by atoms with Gasteiger partial charge in [0.15, 0.2) is 11.5 Å². The van der Waals surface area contributed by atoms with Crippen molar-refractivity contribution in [1.29, 1.82) is 0 Å². The molecule has 10 heteroatoms. The van der Waals surface area contributed by atoms with Crippen molar-refractivity contribution in [3.63, 3.8) is 0 Å². The van der Waals surface area contributed by atoms with Crippen LogP contribution in [-0.2, 0) is 26.0 Å². The van der Waals surface area contributed by atoms with Gasteiger partial charge in [-0.05, 0) is 58.7 Å². The van der Waals surface area contributed by atoms with Gasteiger partial charge in [-0.15, -0.1) is 0 Å². The summed E-state index contributed by atoms with van der Waals surface area (Å²) in [5.74, 6) is -0.0326. The number of amides is 2. The highest BCUT2D eigenvalue weighted by Crippen LogP contribution is 2.35. The van der Waals surface area contributed by atoms with Gasteiger partial charge in [0.1, 0.15) is 25.8 Å². The summed E-state index contributed by atoms with van der Waals surface area (Å²) >= 11 is 0. The Labute approximate surface area is 219 Å². The van der Waals surface area contributed by atoms with Crippen LogP contribution in [0.25, 0.3) is 0 Å². The number of nitrogens with zero attached hydrogens (tertiary/aromatic N) is 2. The van der Waals surface area contributed by atoms with E-state index in [1.165, 1.54) is 11.8 Å². The molecule has 2 aromatic carbocycles. The Morgan fingerprint density at radius 2 is 1.68 bits per heavy atom. The first kappa shape index (κ1) is 28.3. The highest BCUT2D eigenvalue weighted by Gasteiger charge is 2.32. The lowest BCUT2D eigenvalue weighted by molar-refractivity contribution is -0.139. The number of hydrogen-bond acceptors (Lipinski definition) is 6. The van der Waals surface area contributed by atoms with E-state index in [9.17, 15) is 18.0 Å². The number of carbonyl (C=O) groups excluding carboxylic acids is 2. The summed E-state index contributed by atoms with van der Waals surface area (Å²) in [5, 5.41) is 2.92. The van der Waals surface area contributed by atoms with E-state index in [0.717, 1.165) is 9.87 Å². The smallest absolute Gasteiger partial charge is 0.244 e. The van der Waals surface area contributed by atoms with Crippen molar-refractivity contribution in [2.45, 2.75) is 52.6 Å². The number of fused-ring (bicyclic) bond motifs is 1. The molecule has 0 fully saturated rings. The molecule has 9 nitrogen and oxygen atoms in total. The molecule has 37 heavy (non-hydrogen) atoms. The summed E-state index contributed by atoms with van der Waals surface area (Å²) in [6.07, 6.45) is 0.518. The normalized spacial score (nSPS) is 14.0. The summed E-state index contributed by atoms with van der Waals surface area (Å²) in [5.41, 5.74) is 0.824. The Balaban J connectivity index is 1.90. The molecule has 1 atom stereocenters. The topological polar surface area (TPSA) is 105 Å². The van der Waals surface area contributed by atoms with Crippen LogP contribution in [-0.4, -0.2) is 68.8 Å². The predicted molar refractivity (Wildman–Crippen MR) is 143 cm³/mol. The van der Waals surface area contributed by atoms with E-state index in [4.69, 9.17) is 9.47 Å². The van der Waals surface area contributed by atoms with E-state index in [2.05, 4.69) is 5.32 Å². The third-order valence-corrected chi connectivity index (χ3v) is 7.68. The fourth-order valence-corrected chi connectivity index (χ4v) is 5.00. The molecule has 2 aromatic rings. The molecule has 0 radical (unpaired) electrons. The second-order valence-electron chi connectivity index (χ2n) is 9.97. The lowest BCUT2D eigenvalue weighted by atomic mass is 10.1. The molecule has 0 aliphatic carbocycles. The molecule has 1 N–H and O–H groups in total. The first-order valence-corrected chi connectivity index (χ1v) is 14.1. The van der Waals surface area contributed by atoms with Crippen LogP contribution >= 0.6 is 0 Å². The van der Waals surface area contributed by atoms with Gasteiger partial charge in [-0.2, -0.15) is 0 Å². The number of carbonyl (C=O) groups is 2. The van der Waals surface area contributed by atoms with Gasteiger partial charge in [0.25, 0.3) is 0 Å². The summed E-state index contributed by atoms with van der Waals surface area (Å²) in [7, 11) is -3.82. The molecule has 0 saturated heterocycles. The maximum absolute atomic E-state index is 13.7. The molecular weight excluding hydrogens is 494 g/mol. The van der Waals surface area contributed by atoms with Crippen molar-refractivity contribution in [3.05, 3.63) is 54.1 Å². The van der Waals surface area contributed by atoms with Gasteiger partial charge in [-0.3, -0.25) is 13.9 Å². The van der Waals surface area contributed by atoms with Crippen molar-refractivity contribution in [3.8, 4) is 11.5 Å². The van der Waals surface area contributed by atoms with Crippen molar-refractivity contribution in [2.24, 2.45) is 0 Å². The van der Waals surface area contributed by atoms with Crippen LogP contribution in [0.4, 0.5) is 5.69 Å². The van der Waals surface area contributed by atoms with Gasteiger partial charge in [0.05, 0.1) is 11.4 Å². The van der Waals surface area contributed by atoms with Crippen LogP contribution in [0.15, 0.2) is 48.5 Å². The van der Waals surface area contributed by atoms with Crippen LogP contribution in [0, 0.1) is 0 Å². The monoisotopic (exact) mass is 531 g/mol. The van der Waals surface area contributed by atoms with Gasteiger partial charge in [0, 0.05) is 18.2 Å². The minimum Gasteiger partial charge on any atom is -0.486 e. The SMILES string of the molecule is CCS(=O)(=O)N(CC(=O)N(CCc1ccccc1)[C@H](C)C(=O)NC(C)(C)C)c1ccc2c(c1)OCCO2. The quantitative estimate of drug-likeness (QED) is 0.505. The van der Waals surface area contributed by atoms with Crippen molar-refractivity contribution in [2.75, 3.05) is 36.4 Å². The van der Waals surface area contributed by atoms with E-state index >= 15 is 0 Å². The minimum atomic E-state index is -3.82. The Morgan fingerprint density at radius 3 is 2.30 bits per heavy atom. The molecular formula is C27H37N3O6S. The van der Waals surface area contributed by atoms with Gasteiger partial charge in [-0.25, -0.2) is 8.42 Å². The summed E-state index contributed by atoms with van der Waals surface area (Å²) in [6.45, 7) is 9.35. The lowest BCUT2D eigenvalue weighted by Gasteiger charge is -2.33. The fraction of sp³-hybridized carbons (Fsp3) is 0.481. The average molecular weight is 532 g/mol. The Hall–Kier alpha value is -3.27.